The fourth-order valence-corrected chi connectivity index (χ4v) is 11.7. The Morgan fingerprint density at radius 3 is 1.38 bits per heavy atom. The quantitative estimate of drug-likeness (QED) is 0.147. The third-order valence-corrected chi connectivity index (χ3v) is 15.2. The number of nitrogens with zero attached hydrogens (tertiary/aromatic N) is 1. The summed E-state index contributed by atoms with van der Waals surface area (Å²) in [6.45, 7) is 4.79. The van der Waals surface area contributed by atoms with E-state index in [9.17, 15) is 0 Å². The first-order valence-electron chi connectivity index (χ1n) is 24.2. The number of anilines is 3. The molecule has 0 amide bonds. The largest absolute Gasteiger partial charge is 0.310 e. The van der Waals surface area contributed by atoms with Gasteiger partial charge >= 0.3 is 0 Å². The van der Waals surface area contributed by atoms with Gasteiger partial charge in [-0.05, 0) is 148 Å². The van der Waals surface area contributed by atoms with Crippen LogP contribution in [-0.2, 0) is 10.8 Å². The van der Waals surface area contributed by atoms with Gasteiger partial charge < -0.3 is 4.90 Å². The molecule has 0 radical (unpaired) electrons. The van der Waals surface area contributed by atoms with Crippen LogP contribution in [-0.4, -0.2) is 0 Å². The summed E-state index contributed by atoms with van der Waals surface area (Å²) in [5, 5.41) is 2.52. The predicted octanol–water partition coefficient (Wildman–Crippen LogP) is 18.0. The minimum Gasteiger partial charge on any atom is -0.310 e. The van der Waals surface area contributed by atoms with Crippen molar-refractivity contribution in [2.24, 2.45) is 0 Å². The van der Waals surface area contributed by atoms with Gasteiger partial charge in [0.05, 0.1) is 5.41 Å². The maximum atomic E-state index is 2.47. The van der Waals surface area contributed by atoms with Crippen molar-refractivity contribution in [3.05, 3.63) is 294 Å². The second-order valence-electron chi connectivity index (χ2n) is 19.3. The molecule has 0 spiro atoms. The minimum atomic E-state index is -0.468. The summed E-state index contributed by atoms with van der Waals surface area (Å²) < 4.78 is 0. The lowest BCUT2D eigenvalue weighted by Crippen LogP contribution is -2.28. The van der Waals surface area contributed by atoms with Crippen molar-refractivity contribution >= 4 is 27.8 Å². The lowest BCUT2D eigenvalue weighted by Gasteiger charge is -2.34. The molecule has 0 bridgehead atoms. The normalized spacial score (nSPS) is 13.6. The molecule has 2 aliphatic carbocycles. The lowest BCUT2D eigenvalue weighted by atomic mass is 9.68. The Kier molecular flexibility index (Phi) is 9.49. The van der Waals surface area contributed by atoms with Gasteiger partial charge in [-0.2, -0.15) is 0 Å². The molecule has 1 nitrogen and oxygen atoms in total. The molecule has 0 saturated carbocycles. The van der Waals surface area contributed by atoms with E-state index in [2.05, 4.69) is 280 Å². The van der Waals surface area contributed by atoms with Gasteiger partial charge in [0.2, 0.25) is 0 Å². The van der Waals surface area contributed by atoms with Gasteiger partial charge in [0, 0.05) is 22.5 Å². The van der Waals surface area contributed by atoms with Crippen LogP contribution in [0.2, 0.25) is 0 Å². The number of hydrogen-bond acceptors (Lipinski definition) is 1. The standard InChI is InChI=1S/C68H49N/c1-67(2)65-43-53(52-31-30-47-18-12-13-19-51(47)42-52)34-39-60(65)61-40-37-58(45-66(61)67)69(56-35-32-50(33-36-56)49-28-26-48(27-29-49)46-16-6-3-7-17-46)57-38-41-64-62(44-57)59-24-14-15-25-63(59)68(64,54-20-8-4-9-21-54)55-22-10-5-11-23-55/h3-45H,1-2H3. The van der Waals surface area contributed by atoms with Gasteiger partial charge in [-0.25, -0.2) is 0 Å². The molecule has 1 heteroatoms. The zero-order valence-electron chi connectivity index (χ0n) is 38.8. The molecule has 0 saturated heterocycles. The molecule has 0 unspecified atom stereocenters. The summed E-state index contributed by atoms with van der Waals surface area (Å²) in [6, 6.07) is 96.8. The van der Waals surface area contributed by atoms with E-state index in [-0.39, 0.29) is 5.41 Å². The van der Waals surface area contributed by atoms with Crippen molar-refractivity contribution in [3.63, 3.8) is 0 Å². The summed E-state index contributed by atoms with van der Waals surface area (Å²) in [4.78, 5) is 2.47. The highest BCUT2D eigenvalue weighted by Crippen LogP contribution is 2.58. The predicted molar refractivity (Wildman–Crippen MR) is 290 cm³/mol. The second kappa shape index (κ2) is 16.1. The molecule has 11 aromatic carbocycles. The molecular formula is C68H49N. The van der Waals surface area contributed by atoms with Gasteiger partial charge in [-0.1, -0.05) is 226 Å². The Bertz CT molecular complexity index is 3680. The Balaban J connectivity index is 0.949. The Hall–Kier alpha value is -8.52. The van der Waals surface area contributed by atoms with Gasteiger partial charge in [-0.3, -0.25) is 0 Å². The van der Waals surface area contributed by atoms with Crippen LogP contribution in [0.4, 0.5) is 17.1 Å². The molecule has 13 rings (SSSR count). The van der Waals surface area contributed by atoms with Gasteiger partial charge in [-0.15, -0.1) is 0 Å². The molecule has 2 aliphatic rings. The van der Waals surface area contributed by atoms with E-state index in [0.717, 1.165) is 17.1 Å². The molecule has 0 aliphatic heterocycles. The number of benzene rings is 11. The molecular weight excluding hydrogens is 831 g/mol. The average molecular weight is 880 g/mol. The van der Waals surface area contributed by atoms with Crippen LogP contribution in [0.25, 0.3) is 66.4 Å². The van der Waals surface area contributed by atoms with E-state index < -0.39 is 5.41 Å². The van der Waals surface area contributed by atoms with Gasteiger partial charge in [0.25, 0.3) is 0 Å². The highest BCUT2D eigenvalue weighted by Gasteiger charge is 2.46. The van der Waals surface area contributed by atoms with Crippen LogP contribution in [0, 0.1) is 0 Å². The monoisotopic (exact) mass is 879 g/mol. The first-order chi connectivity index (χ1) is 33.9. The van der Waals surface area contributed by atoms with E-state index >= 15 is 0 Å². The SMILES string of the molecule is CC1(C)c2cc(-c3ccc4ccccc4c3)ccc2-c2ccc(N(c3ccc(-c4ccc(-c5ccccc5)cc4)cc3)c3ccc4c(c3)-c3ccccc3C4(c3ccccc3)c3ccccc3)cc21. The molecule has 0 fully saturated rings. The summed E-state index contributed by atoms with van der Waals surface area (Å²) in [6.07, 6.45) is 0. The fourth-order valence-electron chi connectivity index (χ4n) is 11.7. The van der Waals surface area contributed by atoms with Crippen LogP contribution in [0.15, 0.2) is 261 Å². The summed E-state index contributed by atoms with van der Waals surface area (Å²) in [5.41, 5.74) is 23.0. The van der Waals surface area contributed by atoms with Crippen molar-refractivity contribution in [1.29, 1.82) is 0 Å². The molecule has 0 N–H and O–H groups in total. The lowest BCUT2D eigenvalue weighted by molar-refractivity contribution is 0.660. The molecule has 11 aromatic rings. The topological polar surface area (TPSA) is 3.24 Å². The number of rotatable bonds is 8. The van der Waals surface area contributed by atoms with Crippen LogP contribution >= 0.6 is 0 Å². The zero-order chi connectivity index (χ0) is 46.1. The molecule has 0 aromatic heterocycles. The Morgan fingerprint density at radius 2 is 0.696 bits per heavy atom. The van der Waals surface area contributed by atoms with Crippen LogP contribution in [0.1, 0.15) is 47.2 Å². The summed E-state index contributed by atoms with van der Waals surface area (Å²) in [5.74, 6) is 0. The van der Waals surface area contributed by atoms with Crippen molar-refractivity contribution in [3.8, 4) is 55.6 Å². The second-order valence-corrected chi connectivity index (χ2v) is 19.3. The molecule has 0 heterocycles. The first-order valence-corrected chi connectivity index (χ1v) is 24.2. The van der Waals surface area contributed by atoms with Gasteiger partial charge in [0.1, 0.15) is 0 Å². The summed E-state index contributed by atoms with van der Waals surface area (Å²) >= 11 is 0. The minimum absolute atomic E-state index is 0.225. The van der Waals surface area contributed by atoms with Crippen molar-refractivity contribution in [2.75, 3.05) is 4.90 Å². The number of hydrogen-bond donors (Lipinski definition) is 0. The van der Waals surface area contributed by atoms with Crippen LogP contribution in [0.5, 0.6) is 0 Å². The maximum Gasteiger partial charge on any atom is 0.0713 e. The Labute approximate surface area is 405 Å². The zero-order valence-corrected chi connectivity index (χ0v) is 38.8. The van der Waals surface area contributed by atoms with E-state index in [0.29, 0.717) is 0 Å². The van der Waals surface area contributed by atoms with Crippen molar-refractivity contribution in [1.82, 2.24) is 0 Å². The van der Waals surface area contributed by atoms with Crippen molar-refractivity contribution < 1.29 is 0 Å². The molecule has 69 heavy (non-hydrogen) atoms. The van der Waals surface area contributed by atoms with E-state index in [1.807, 2.05) is 0 Å². The van der Waals surface area contributed by atoms with E-state index in [4.69, 9.17) is 0 Å². The maximum absolute atomic E-state index is 2.47. The Morgan fingerprint density at radius 1 is 0.261 bits per heavy atom. The third-order valence-electron chi connectivity index (χ3n) is 15.2. The molecule has 0 atom stereocenters. The first kappa shape index (κ1) is 40.7. The highest BCUT2D eigenvalue weighted by molar-refractivity contribution is 5.93. The highest BCUT2D eigenvalue weighted by atomic mass is 15.1. The van der Waals surface area contributed by atoms with Crippen molar-refractivity contribution in [2.45, 2.75) is 24.7 Å². The van der Waals surface area contributed by atoms with Gasteiger partial charge in [0.15, 0.2) is 0 Å². The smallest absolute Gasteiger partial charge is 0.0713 e. The fraction of sp³-hybridized carbons (Fsp3) is 0.0588. The van der Waals surface area contributed by atoms with E-state index in [1.54, 1.807) is 0 Å². The molecule has 326 valence electrons. The average Bonchev–Trinajstić information content (AvgIpc) is 3.84. The van der Waals surface area contributed by atoms with Crippen LogP contribution in [0.3, 0.4) is 0 Å². The van der Waals surface area contributed by atoms with Crippen LogP contribution < -0.4 is 4.90 Å². The third kappa shape index (κ3) is 6.53. The number of fused-ring (bicyclic) bond motifs is 7. The summed E-state index contributed by atoms with van der Waals surface area (Å²) in [7, 11) is 0. The van der Waals surface area contributed by atoms with E-state index in [1.165, 1.54) is 99.8 Å².